The lowest BCUT2D eigenvalue weighted by molar-refractivity contribution is -0.384. The van der Waals surface area contributed by atoms with Gasteiger partial charge in [0.25, 0.3) is 5.69 Å². The Labute approximate surface area is 151 Å². The van der Waals surface area contributed by atoms with E-state index in [0.29, 0.717) is 16.4 Å². The number of hydrogen-bond donors (Lipinski definition) is 2. The molecule has 0 aliphatic rings. The number of thiazole rings is 1. The smallest absolute Gasteiger partial charge is 0.335 e. The van der Waals surface area contributed by atoms with Crippen molar-refractivity contribution in [2.24, 2.45) is 5.10 Å². The summed E-state index contributed by atoms with van der Waals surface area (Å²) in [6, 6.07) is 12.5. The molecular weight excluding hydrogens is 356 g/mol. The molecule has 1 heterocycles. The van der Waals surface area contributed by atoms with Gasteiger partial charge in [-0.3, -0.25) is 15.5 Å². The van der Waals surface area contributed by atoms with E-state index in [-0.39, 0.29) is 11.3 Å². The first-order valence-electron chi connectivity index (χ1n) is 7.36. The zero-order chi connectivity index (χ0) is 18.5. The molecule has 2 N–H and O–H groups in total. The topological polar surface area (TPSA) is 118 Å². The maximum atomic E-state index is 10.8. The molecule has 8 nitrogen and oxygen atoms in total. The molecule has 9 heteroatoms. The van der Waals surface area contributed by atoms with Crippen LogP contribution in [0.4, 0.5) is 10.8 Å². The quantitative estimate of drug-likeness (QED) is 0.387. The van der Waals surface area contributed by atoms with Gasteiger partial charge < -0.3 is 5.11 Å². The number of aromatic nitrogens is 1. The Balaban J connectivity index is 1.68. The molecule has 130 valence electrons. The highest BCUT2D eigenvalue weighted by atomic mass is 32.1. The molecule has 26 heavy (non-hydrogen) atoms. The number of nitrogens with zero attached hydrogens (tertiary/aromatic N) is 3. The highest BCUT2D eigenvalue weighted by Crippen LogP contribution is 2.27. The molecule has 0 saturated heterocycles. The van der Waals surface area contributed by atoms with Gasteiger partial charge in [0.2, 0.25) is 5.13 Å². The Bertz CT molecular complexity index is 982. The summed E-state index contributed by atoms with van der Waals surface area (Å²) in [4.78, 5) is 25.5. The van der Waals surface area contributed by atoms with Crippen molar-refractivity contribution in [3.8, 4) is 11.3 Å². The summed E-state index contributed by atoms with van der Waals surface area (Å²) in [5, 5.41) is 26.1. The molecule has 2 aromatic carbocycles. The van der Waals surface area contributed by atoms with Crippen LogP contribution in [0.3, 0.4) is 0 Å². The normalized spacial score (nSPS) is 10.8. The van der Waals surface area contributed by atoms with Crippen LogP contribution in [0.2, 0.25) is 0 Å². The van der Waals surface area contributed by atoms with Crippen molar-refractivity contribution in [2.45, 2.75) is 0 Å². The lowest BCUT2D eigenvalue weighted by Crippen LogP contribution is -1.96. The van der Waals surface area contributed by atoms with Gasteiger partial charge in [-0.1, -0.05) is 24.3 Å². The lowest BCUT2D eigenvalue weighted by Gasteiger charge is -1.97. The van der Waals surface area contributed by atoms with Gasteiger partial charge in [0, 0.05) is 23.1 Å². The van der Waals surface area contributed by atoms with E-state index in [9.17, 15) is 14.9 Å². The molecule has 0 bridgehead atoms. The van der Waals surface area contributed by atoms with Gasteiger partial charge in [-0.2, -0.15) is 5.10 Å². The van der Waals surface area contributed by atoms with Crippen LogP contribution in [0.1, 0.15) is 15.9 Å². The number of benzene rings is 2. The lowest BCUT2D eigenvalue weighted by atomic mass is 10.1. The monoisotopic (exact) mass is 368 g/mol. The van der Waals surface area contributed by atoms with Crippen molar-refractivity contribution in [1.29, 1.82) is 0 Å². The van der Waals surface area contributed by atoms with Gasteiger partial charge in [-0.15, -0.1) is 11.3 Å². The van der Waals surface area contributed by atoms with Gasteiger partial charge in [0.05, 0.1) is 22.4 Å². The van der Waals surface area contributed by atoms with Crippen LogP contribution < -0.4 is 5.43 Å². The van der Waals surface area contributed by atoms with E-state index in [0.717, 1.165) is 5.56 Å². The third kappa shape index (κ3) is 4.08. The number of nitrogens with one attached hydrogen (secondary N) is 1. The first-order chi connectivity index (χ1) is 12.5. The molecule has 0 amide bonds. The Morgan fingerprint density at radius 1 is 1.27 bits per heavy atom. The number of non-ortho nitro benzene ring substituents is 1. The summed E-state index contributed by atoms with van der Waals surface area (Å²) in [7, 11) is 0. The van der Waals surface area contributed by atoms with E-state index in [1.54, 1.807) is 35.9 Å². The van der Waals surface area contributed by atoms with Gasteiger partial charge in [-0.25, -0.2) is 9.78 Å². The number of rotatable bonds is 6. The summed E-state index contributed by atoms with van der Waals surface area (Å²) < 4.78 is 0. The fourth-order valence-electron chi connectivity index (χ4n) is 2.11. The second-order valence-electron chi connectivity index (χ2n) is 5.14. The zero-order valence-electron chi connectivity index (χ0n) is 13.2. The van der Waals surface area contributed by atoms with E-state index in [1.807, 2.05) is 0 Å². The molecular formula is C17H12N4O4S. The van der Waals surface area contributed by atoms with Crippen molar-refractivity contribution in [1.82, 2.24) is 4.98 Å². The van der Waals surface area contributed by atoms with Crippen LogP contribution in [-0.2, 0) is 0 Å². The maximum absolute atomic E-state index is 10.8. The van der Waals surface area contributed by atoms with Crippen molar-refractivity contribution < 1.29 is 14.8 Å². The maximum Gasteiger partial charge on any atom is 0.335 e. The number of nitro groups is 1. The van der Waals surface area contributed by atoms with Crippen molar-refractivity contribution in [3.05, 3.63) is 75.2 Å². The third-order valence-corrected chi connectivity index (χ3v) is 4.14. The number of nitro benzene ring substituents is 1. The van der Waals surface area contributed by atoms with E-state index in [1.165, 1.54) is 35.6 Å². The molecule has 3 rings (SSSR count). The molecule has 0 aliphatic carbocycles. The second kappa shape index (κ2) is 7.53. The number of carboxylic acid groups (broad SMARTS) is 1. The highest BCUT2D eigenvalue weighted by molar-refractivity contribution is 7.14. The minimum atomic E-state index is -0.983. The first kappa shape index (κ1) is 17.2. The number of hydrogen-bond acceptors (Lipinski definition) is 7. The standard InChI is InChI=1S/C17H12N4O4S/c22-16(23)12-6-4-11(5-7-12)9-18-20-17-19-15(10-26-17)13-2-1-3-14(8-13)21(24)25/h1-10H,(H,19,20)(H,22,23)/b18-9+. The van der Waals surface area contributed by atoms with Crippen molar-refractivity contribution in [3.63, 3.8) is 0 Å². The van der Waals surface area contributed by atoms with Crippen molar-refractivity contribution >= 4 is 34.3 Å². The average Bonchev–Trinajstić information content (AvgIpc) is 3.11. The van der Waals surface area contributed by atoms with Crippen LogP contribution in [0, 0.1) is 10.1 Å². The van der Waals surface area contributed by atoms with Gasteiger partial charge in [0.1, 0.15) is 0 Å². The van der Waals surface area contributed by atoms with E-state index < -0.39 is 10.9 Å². The molecule has 1 aromatic heterocycles. The predicted molar refractivity (Wildman–Crippen MR) is 98.8 cm³/mol. The fraction of sp³-hybridized carbons (Fsp3) is 0. The number of carbonyl (C=O) groups is 1. The molecule has 0 radical (unpaired) electrons. The number of anilines is 1. The van der Waals surface area contributed by atoms with Crippen LogP contribution in [-0.4, -0.2) is 27.2 Å². The Morgan fingerprint density at radius 3 is 2.73 bits per heavy atom. The van der Waals surface area contributed by atoms with Crippen molar-refractivity contribution in [2.75, 3.05) is 5.43 Å². The Hall–Kier alpha value is -3.59. The summed E-state index contributed by atoms with van der Waals surface area (Å²) in [5.41, 5.74) is 4.99. The van der Waals surface area contributed by atoms with Gasteiger partial charge >= 0.3 is 5.97 Å². The Morgan fingerprint density at radius 2 is 2.04 bits per heavy atom. The third-order valence-electron chi connectivity index (χ3n) is 3.39. The molecule has 0 unspecified atom stereocenters. The van der Waals surface area contributed by atoms with Crippen LogP contribution >= 0.6 is 11.3 Å². The van der Waals surface area contributed by atoms with Gasteiger partial charge in [0.15, 0.2) is 0 Å². The highest BCUT2D eigenvalue weighted by Gasteiger charge is 2.09. The van der Waals surface area contributed by atoms with Crippen LogP contribution in [0.25, 0.3) is 11.3 Å². The summed E-state index contributed by atoms with van der Waals surface area (Å²) >= 11 is 1.32. The SMILES string of the molecule is O=C(O)c1ccc(/C=N/Nc2nc(-c3cccc([N+](=O)[O-])c3)cs2)cc1. The zero-order valence-corrected chi connectivity index (χ0v) is 14.0. The molecule has 0 fully saturated rings. The minimum absolute atomic E-state index is 0.00726. The number of carboxylic acids is 1. The largest absolute Gasteiger partial charge is 0.478 e. The average molecular weight is 368 g/mol. The molecule has 3 aromatic rings. The number of hydrazone groups is 1. The summed E-state index contributed by atoms with van der Waals surface area (Å²) in [5.74, 6) is -0.983. The van der Waals surface area contributed by atoms with Gasteiger partial charge in [-0.05, 0) is 17.7 Å². The molecule has 0 spiro atoms. The van der Waals surface area contributed by atoms with Crippen LogP contribution in [0.15, 0.2) is 59.0 Å². The second-order valence-corrected chi connectivity index (χ2v) is 6.00. The molecule has 0 saturated carbocycles. The van der Waals surface area contributed by atoms with Crippen LogP contribution in [0.5, 0.6) is 0 Å². The van der Waals surface area contributed by atoms with E-state index in [2.05, 4.69) is 15.5 Å². The minimum Gasteiger partial charge on any atom is -0.478 e. The first-order valence-corrected chi connectivity index (χ1v) is 8.24. The van der Waals surface area contributed by atoms with E-state index >= 15 is 0 Å². The predicted octanol–water partition coefficient (Wildman–Crippen LogP) is 3.86. The molecule has 0 aliphatic heterocycles. The number of aromatic carboxylic acids is 1. The fourth-order valence-corrected chi connectivity index (χ4v) is 2.78. The van der Waals surface area contributed by atoms with E-state index in [4.69, 9.17) is 5.11 Å². The summed E-state index contributed by atoms with van der Waals surface area (Å²) in [6.45, 7) is 0. The Kier molecular flexibility index (Phi) is 4.99. The molecule has 0 atom stereocenters. The summed E-state index contributed by atoms with van der Waals surface area (Å²) in [6.07, 6.45) is 1.54.